The van der Waals surface area contributed by atoms with Crippen LogP contribution < -0.4 is 5.32 Å². The van der Waals surface area contributed by atoms with E-state index in [2.05, 4.69) is 26.1 Å². The largest absolute Gasteiger partial charge is 0.416 e. The van der Waals surface area contributed by atoms with Crippen molar-refractivity contribution in [1.29, 1.82) is 0 Å². The minimum Gasteiger partial charge on any atom is -0.314 e. The van der Waals surface area contributed by atoms with Gasteiger partial charge < -0.3 is 5.32 Å². The Balaban J connectivity index is 2.14. The van der Waals surface area contributed by atoms with Gasteiger partial charge in [0.1, 0.15) is 0 Å². The molecule has 1 saturated heterocycles. The molecule has 2 aromatic carbocycles. The van der Waals surface area contributed by atoms with Crippen molar-refractivity contribution in [2.24, 2.45) is 0 Å². The van der Waals surface area contributed by atoms with E-state index in [1.54, 1.807) is 12.1 Å². The maximum Gasteiger partial charge on any atom is 0.416 e. The first kappa shape index (κ1) is 17.5. The van der Waals surface area contributed by atoms with Crippen molar-refractivity contribution < 1.29 is 13.2 Å². The van der Waals surface area contributed by atoms with E-state index >= 15 is 0 Å². The quantitative estimate of drug-likeness (QED) is 0.820. The molecule has 3 rings (SSSR count). The zero-order valence-corrected chi connectivity index (χ0v) is 14.6. The van der Waals surface area contributed by atoms with E-state index in [0.717, 1.165) is 23.1 Å². The third kappa shape index (κ3) is 3.66. The van der Waals surface area contributed by atoms with Gasteiger partial charge in [0.05, 0.1) is 11.6 Å². The van der Waals surface area contributed by atoms with Gasteiger partial charge in [-0.2, -0.15) is 13.2 Å². The summed E-state index contributed by atoms with van der Waals surface area (Å²) in [5.41, 5.74) is 0.596. The van der Waals surface area contributed by atoms with Crippen molar-refractivity contribution in [3.63, 3.8) is 0 Å². The van der Waals surface area contributed by atoms with Crippen molar-refractivity contribution in [3.05, 3.63) is 69.7 Å². The van der Waals surface area contributed by atoms with E-state index in [9.17, 15) is 13.2 Å². The fourth-order valence-corrected chi connectivity index (χ4v) is 3.69. The van der Waals surface area contributed by atoms with Crippen LogP contribution in [0.2, 0.25) is 0 Å². The molecule has 24 heavy (non-hydrogen) atoms. The third-order valence-electron chi connectivity index (χ3n) is 4.28. The number of hydrogen-bond acceptors (Lipinski definition) is 2. The fourth-order valence-electron chi connectivity index (χ4n) is 3.19. The van der Waals surface area contributed by atoms with Gasteiger partial charge in [-0.05, 0) is 23.3 Å². The van der Waals surface area contributed by atoms with Gasteiger partial charge in [0.2, 0.25) is 0 Å². The highest BCUT2D eigenvalue weighted by Crippen LogP contribution is 2.40. The minimum atomic E-state index is -4.37. The second-order valence-corrected chi connectivity index (χ2v) is 6.65. The normalized spacial score (nSPS) is 17.7. The lowest BCUT2D eigenvalue weighted by atomic mass is 9.92. The Morgan fingerprint density at radius 1 is 0.917 bits per heavy atom. The number of halogens is 4. The number of alkyl halides is 3. The molecule has 2 nitrogen and oxygen atoms in total. The predicted octanol–water partition coefficient (Wildman–Crippen LogP) is 4.46. The Morgan fingerprint density at radius 2 is 1.50 bits per heavy atom. The summed E-state index contributed by atoms with van der Waals surface area (Å²) >= 11 is 3.51. The van der Waals surface area contributed by atoms with Crippen LogP contribution in [0.1, 0.15) is 22.7 Å². The van der Waals surface area contributed by atoms with Crippen LogP contribution in [-0.4, -0.2) is 31.1 Å². The molecule has 6 heteroatoms. The molecule has 1 aliphatic rings. The second-order valence-electron chi connectivity index (χ2n) is 5.80. The number of hydrogen-bond donors (Lipinski definition) is 1. The molecule has 2 aromatic rings. The summed E-state index contributed by atoms with van der Waals surface area (Å²) < 4.78 is 41.5. The van der Waals surface area contributed by atoms with Gasteiger partial charge in [0.15, 0.2) is 0 Å². The van der Waals surface area contributed by atoms with E-state index < -0.39 is 17.8 Å². The summed E-state index contributed by atoms with van der Waals surface area (Å²) in [5.74, 6) is 0. The molecule has 1 N–H and O–H groups in total. The summed E-state index contributed by atoms with van der Waals surface area (Å²) in [5, 5.41) is 3.26. The zero-order valence-electron chi connectivity index (χ0n) is 13.0. The van der Waals surface area contributed by atoms with Crippen LogP contribution in [0.25, 0.3) is 0 Å². The summed E-state index contributed by atoms with van der Waals surface area (Å²) in [7, 11) is 0. The topological polar surface area (TPSA) is 15.3 Å². The highest BCUT2D eigenvalue weighted by molar-refractivity contribution is 9.10. The lowest BCUT2D eigenvalue weighted by molar-refractivity contribution is -0.138. The van der Waals surface area contributed by atoms with E-state index in [-0.39, 0.29) is 0 Å². The molecule has 128 valence electrons. The third-order valence-corrected chi connectivity index (χ3v) is 5.00. The first-order valence-electron chi connectivity index (χ1n) is 7.84. The molecule has 0 bridgehead atoms. The smallest absolute Gasteiger partial charge is 0.314 e. The van der Waals surface area contributed by atoms with Crippen LogP contribution in [0.15, 0.2) is 53.0 Å². The number of benzene rings is 2. The Bertz CT molecular complexity index is 697. The van der Waals surface area contributed by atoms with Crippen LogP contribution in [-0.2, 0) is 6.18 Å². The van der Waals surface area contributed by atoms with Gasteiger partial charge in [-0.15, -0.1) is 0 Å². The highest BCUT2D eigenvalue weighted by Gasteiger charge is 2.37. The molecule has 0 amide bonds. The van der Waals surface area contributed by atoms with E-state index in [1.807, 2.05) is 24.3 Å². The minimum absolute atomic E-state index is 0.304. The monoisotopic (exact) mass is 398 g/mol. The summed E-state index contributed by atoms with van der Waals surface area (Å²) in [6.45, 7) is 2.96. The van der Waals surface area contributed by atoms with Gasteiger partial charge in [-0.25, -0.2) is 0 Å². The van der Waals surface area contributed by atoms with Crippen LogP contribution in [0.5, 0.6) is 0 Å². The van der Waals surface area contributed by atoms with Crippen LogP contribution in [0.4, 0.5) is 13.2 Å². The van der Waals surface area contributed by atoms with Crippen LogP contribution in [0, 0.1) is 0 Å². The van der Waals surface area contributed by atoms with Gasteiger partial charge >= 0.3 is 6.18 Å². The molecule has 1 fully saturated rings. The molecule has 1 atom stereocenters. The molecule has 0 spiro atoms. The van der Waals surface area contributed by atoms with E-state index in [1.165, 1.54) is 12.1 Å². The van der Waals surface area contributed by atoms with Crippen molar-refractivity contribution in [1.82, 2.24) is 10.2 Å². The average Bonchev–Trinajstić information content (AvgIpc) is 2.57. The average molecular weight is 399 g/mol. The first-order valence-corrected chi connectivity index (χ1v) is 8.63. The number of nitrogens with zero attached hydrogens (tertiary/aromatic N) is 1. The Hall–Kier alpha value is -1.37. The Labute approximate surface area is 147 Å². The molecule has 0 aromatic heterocycles. The van der Waals surface area contributed by atoms with Gasteiger partial charge in [0, 0.05) is 30.7 Å². The standard InChI is InChI=1S/C18H18BrF3N2/c19-16-8-4-2-6-14(16)17(24-11-9-23-10-12-24)13-5-1-3-7-15(13)18(20,21)22/h1-8,17,23H,9-12H2. The van der Waals surface area contributed by atoms with Crippen molar-refractivity contribution in [2.75, 3.05) is 26.2 Å². The zero-order chi connectivity index (χ0) is 17.2. The number of rotatable bonds is 3. The molecule has 0 aliphatic carbocycles. The molecular formula is C18H18BrF3N2. The summed E-state index contributed by atoms with van der Waals surface area (Å²) in [4.78, 5) is 2.11. The lowest BCUT2D eigenvalue weighted by Crippen LogP contribution is -2.45. The number of nitrogens with one attached hydrogen (secondary N) is 1. The molecule has 1 aliphatic heterocycles. The van der Waals surface area contributed by atoms with Crippen LogP contribution >= 0.6 is 15.9 Å². The molecule has 1 heterocycles. The van der Waals surface area contributed by atoms with Crippen molar-refractivity contribution in [3.8, 4) is 0 Å². The Morgan fingerprint density at radius 3 is 2.12 bits per heavy atom. The molecule has 1 unspecified atom stereocenters. The van der Waals surface area contributed by atoms with E-state index in [0.29, 0.717) is 18.7 Å². The summed E-state index contributed by atoms with van der Waals surface area (Å²) in [6, 6.07) is 13.0. The van der Waals surface area contributed by atoms with E-state index in [4.69, 9.17) is 0 Å². The van der Waals surface area contributed by atoms with Gasteiger partial charge in [-0.1, -0.05) is 52.3 Å². The highest BCUT2D eigenvalue weighted by atomic mass is 79.9. The SMILES string of the molecule is FC(F)(F)c1ccccc1C(c1ccccc1Br)N1CCNCC1. The second kappa shape index (κ2) is 7.25. The van der Waals surface area contributed by atoms with Crippen molar-refractivity contribution >= 4 is 15.9 Å². The predicted molar refractivity (Wildman–Crippen MR) is 91.9 cm³/mol. The molecule has 0 radical (unpaired) electrons. The molecular weight excluding hydrogens is 381 g/mol. The maximum absolute atomic E-state index is 13.5. The maximum atomic E-state index is 13.5. The van der Waals surface area contributed by atoms with Gasteiger partial charge in [0.25, 0.3) is 0 Å². The fraction of sp³-hybridized carbons (Fsp3) is 0.333. The Kier molecular flexibility index (Phi) is 5.27. The van der Waals surface area contributed by atoms with Gasteiger partial charge in [-0.3, -0.25) is 4.90 Å². The summed E-state index contributed by atoms with van der Waals surface area (Å²) in [6.07, 6.45) is -4.37. The lowest BCUT2D eigenvalue weighted by Gasteiger charge is -2.37. The number of piperazine rings is 1. The first-order chi connectivity index (χ1) is 11.5. The molecule has 0 saturated carbocycles. The van der Waals surface area contributed by atoms with Crippen LogP contribution in [0.3, 0.4) is 0 Å². The van der Waals surface area contributed by atoms with Crippen molar-refractivity contribution in [2.45, 2.75) is 12.2 Å².